The van der Waals surface area contributed by atoms with E-state index in [9.17, 15) is 14.4 Å². The molecule has 0 aliphatic rings. The van der Waals surface area contributed by atoms with Crippen LogP contribution in [0.2, 0.25) is 0 Å². The Labute approximate surface area is 110 Å². The number of rotatable bonds is 5. The molecule has 2 N–H and O–H groups in total. The second-order valence-electron chi connectivity index (χ2n) is 3.87. The summed E-state index contributed by atoms with van der Waals surface area (Å²) in [6.07, 6.45) is 0. The molecule has 0 aliphatic heterocycles. The van der Waals surface area contributed by atoms with Gasteiger partial charge in [-0.2, -0.15) is 0 Å². The Morgan fingerprint density at radius 3 is 2.58 bits per heavy atom. The van der Waals surface area contributed by atoms with Crippen molar-refractivity contribution in [1.82, 2.24) is 5.32 Å². The number of carbonyl (C=O) groups is 3. The maximum absolute atomic E-state index is 11.8. The average molecular weight is 265 g/mol. The highest BCUT2D eigenvalue weighted by atomic mass is 16.5. The first-order valence-corrected chi connectivity index (χ1v) is 5.72. The number of benzene rings is 1. The molecule has 19 heavy (non-hydrogen) atoms. The Hall–Kier alpha value is -2.37. The third-order valence-electron chi connectivity index (χ3n) is 2.32. The number of nitrogens with one attached hydrogen (secondary N) is 1. The van der Waals surface area contributed by atoms with Crippen LogP contribution in [0.1, 0.15) is 22.8 Å². The second-order valence-corrected chi connectivity index (χ2v) is 3.87. The van der Waals surface area contributed by atoms with Crippen molar-refractivity contribution < 1.29 is 24.2 Å². The van der Waals surface area contributed by atoms with Gasteiger partial charge in [0, 0.05) is 5.56 Å². The lowest BCUT2D eigenvalue weighted by Gasteiger charge is -2.13. The van der Waals surface area contributed by atoms with Crippen LogP contribution < -0.4 is 5.32 Å². The van der Waals surface area contributed by atoms with E-state index in [4.69, 9.17) is 5.11 Å². The molecule has 1 aromatic carbocycles. The Balaban J connectivity index is 2.82. The minimum Gasteiger partial charge on any atom is -0.479 e. The summed E-state index contributed by atoms with van der Waals surface area (Å²) in [5, 5.41) is 11.0. The number of carboxylic acid groups (broad SMARTS) is 1. The van der Waals surface area contributed by atoms with Crippen molar-refractivity contribution in [2.45, 2.75) is 19.9 Å². The maximum Gasteiger partial charge on any atom is 0.340 e. The Morgan fingerprint density at radius 1 is 1.37 bits per heavy atom. The predicted octanol–water partition coefficient (Wildman–Crippen LogP) is 0.741. The zero-order valence-electron chi connectivity index (χ0n) is 10.7. The molecule has 1 amide bonds. The van der Waals surface area contributed by atoms with Gasteiger partial charge in [-0.1, -0.05) is 17.7 Å². The highest BCUT2D eigenvalue weighted by molar-refractivity contribution is 6.05. The molecule has 1 rings (SSSR count). The van der Waals surface area contributed by atoms with Gasteiger partial charge in [-0.3, -0.25) is 4.79 Å². The van der Waals surface area contributed by atoms with Crippen molar-refractivity contribution in [3.8, 4) is 0 Å². The van der Waals surface area contributed by atoms with E-state index in [1.807, 2.05) is 0 Å². The van der Waals surface area contributed by atoms with Gasteiger partial charge in [-0.05, 0) is 26.0 Å². The zero-order chi connectivity index (χ0) is 14.4. The van der Waals surface area contributed by atoms with Gasteiger partial charge in [0.1, 0.15) is 0 Å². The molecule has 0 saturated carbocycles. The molecule has 0 aliphatic carbocycles. The van der Waals surface area contributed by atoms with Crippen molar-refractivity contribution in [1.29, 1.82) is 0 Å². The lowest BCUT2D eigenvalue weighted by molar-refractivity contribution is -0.154. The van der Waals surface area contributed by atoms with E-state index in [0.29, 0.717) is 0 Å². The van der Waals surface area contributed by atoms with E-state index in [2.05, 4.69) is 10.1 Å². The molecule has 0 aromatic heterocycles. The molecule has 0 heterocycles. The first kappa shape index (κ1) is 14.7. The fraction of sp³-hybridized carbons (Fsp3) is 0.308. The van der Waals surface area contributed by atoms with Crippen LogP contribution in [0.15, 0.2) is 24.3 Å². The molecule has 1 unspecified atom stereocenters. The normalized spacial score (nSPS) is 11.5. The zero-order valence-corrected chi connectivity index (χ0v) is 10.7. The number of carbonyl (C=O) groups excluding carboxylic acids is 2. The first-order chi connectivity index (χ1) is 8.95. The SMILES string of the molecule is CCOC(=O)C(NC(=O)c1cccc(C)c1)C(=O)O. The van der Waals surface area contributed by atoms with Crippen molar-refractivity contribution in [3.05, 3.63) is 35.4 Å². The lowest BCUT2D eigenvalue weighted by Crippen LogP contribution is -2.47. The summed E-state index contributed by atoms with van der Waals surface area (Å²) in [4.78, 5) is 34.2. The third-order valence-corrected chi connectivity index (χ3v) is 2.32. The van der Waals surface area contributed by atoms with E-state index < -0.39 is 23.9 Å². The van der Waals surface area contributed by atoms with Gasteiger partial charge in [0.2, 0.25) is 6.04 Å². The summed E-state index contributed by atoms with van der Waals surface area (Å²) >= 11 is 0. The van der Waals surface area contributed by atoms with Gasteiger partial charge < -0.3 is 15.2 Å². The van der Waals surface area contributed by atoms with E-state index in [-0.39, 0.29) is 12.2 Å². The van der Waals surface area contributed by atoms with Gasteiger partial charge in [-0.25, -0.2) is 9.59 Å². The summed E-state index contributed by atoms with van der Waals surface area (Å²) in [5.74, 6) is -3.08. The van der Waals surface area contributed by atoms with E-state index in [0.717, 1.165) is 5.56 Å². The van der Waals surface area contributed by atoms with Crippen LogP contribution in [0.3, 0.4) is 0 Å². The molecule has 6 heteroatoms. The summed E-state index contributed by atoms with van der Waals surface area (Å²) in [6.45, 7) is 3.40. The summed E-state index contributed by atoms with van der Waals surface area (Å²) in [5.41, 5.74) is 1.14. The number of esters is 1. The van der Waals surface area contributed by atoms with Gasteiger partial charge in [0.25, 0.3) is 5.91 Å². The van der Waals surface area contributed by atoms with Gasteiger partial charge >= 0.3 is 11.9 Å². The Kier molecular flexibility index (Phi) is 5.05. The Morgan fingerprint density at radius 2 is 2.05 bits per heavy atom. The molecule has 0 fully saturated rings. The minimum atomic E-state index is -1.70. The smallest absolute Gasteiger partial charge is 0.340 e. The molecule has 6 nitrogen and oxygen atoms in total. The molecule has 1 aromatic rings. The highest BCUT2D eigenvalue weighted by Crippen LogP contribution is 2.04. The topological polar surface area (TPSA) is 92.7 Å². The molecule has 102 valence electrons. The first-order valence-electron chi connectivity index (χ1n) is 5.72. The fourth-order valence-electron chi connectivity index (χ4n) is 1.45. The number of hydrogen-bond donors (Lipinski definition) is 2. The van der Waals surface area contributed by atoms with Gasteiger partial charge in [0.15, 0.2) is 0 Å². The van der Waals surface area contributed by atoms with Crippen LogP contribution in [-0.4, -0.2) is 35.6 Å². The molecule has 0 saturated heterocycles. The Bertz CT molecular complexity index is 498. The van der Waals surface area contributed by atoms with Crippen LogP contribution in [0.5, 0.6) is 0 Å². The lowest BCUT2D eigenvalue weighted by atomic mass is 10.1. The molecule has 0 spiro atoms. The van der Waals surface area contributed by atoms with E-state index in [1.54, 1.807) is 32.0 Å². The maximum atomic E-state index is 11.8. The van der Waals surface area contributed by atoms with Gasteiger partial charge in [0.05, 0.1) is 6.61 Å². The molecule has 0 bridgehead atoms. The minimum absolute atomic E-state index is 0.0446. The second kappa shape index (κ2) is 6.53. The van der Waals surface area contributed by atoms with Crippen LogP contribution in [-0.2, 0) is 14.3 Å². The number of ether oxygens (including phenoxy) is 1. The van der Waals surface area contributed by atoms with Crippen LogP contribution in [0.25, 0.3) is 0 Å². The number of aryl methyl sites for hydroxylation is 1. The molecular formula is C13H15NO5. The van der Waals surface area contributed by atoms with Crippen LogP contribution in [0, 0.1) is 6.92 Å². The molecular weight excluding hydrogens is 250 g/mol. The predicted molar refractivity (Wildman–Crippen MR) is 66.7 cm³/mol. The van der Waals surface area contributed by atoms with Crippen molar-refractivity contribution >= 4 is 17.8 Å². The average Bonchev–Trinajstić information content (AvgIpc) is 2.35. The number of hydrogen-bond acceptors (Lipinski definition) is 4. The number of aliphatic carboxylic acids is 1. The monoisotopic (exact) mass is 265 g/mol. The summed E-state index contributed by atoms with van der Waals surface area (Å²) in [6, 6.07) is 4.90. The van der Waals surface area contributed by atoms with Crippen molar-refractivity contribution in [2.24, 2.45) is 0 Å². The highest BCUT2D eigenvalue weighted by Gasteiger charge is 2.29. The van der Waals surface area contributed by atoms with E-state index >= 15 is 0 Å². The standard InChI is InChI=1S/C13H15NO5/c1-3-19-13(18)10(12(16)17)14-11(15)9-6-4-5-8(2)7-9/h4-7,10H,3H2,1-2H3,(H,14,15)(H,16,17). The van der Waals surface area contributed by atoms with Crippen LogP contribution in [0.4, 0.5) is 0 Å². The third kappa shape index (κ3) is 4.09. The number of amides is 1. The van der Waals surface area contributed by atoms with E-state index in [1.165, 1.54) is 6.07 Å². The summed E-state index contributed by atoms with van der Waals surface area (Å²) in [7, 11) is 0. The quantitative estimate of drug-likeness (QED) is 0.605. The molecule has 0 radical (unpaired) electrons. The number of carboxylic acids is 1. The van der Waals surface area contributed by atoms with Gasteiger partial charge in [-0.15, -0.1) is 0 Å². The van der Waals surface area contributed by atoms with Crippen molar-refractivity contribution in [3.63, 3.8) is 0 Å². The molecule has 1 atom stereocenters. The fourth-order valence-corrected chi connectivity index (χ4v) is 1.45. The van der Waals surface area contributed by atoms with Crippen LogP contribution >= 0.6 is 0 Å². The largest absolute Gasteiger partial charge is 0.479 e. The summed E-state index contributed by atoms with van der Waals surface area (Å²) < 4.78 is 4.59. The van der Waals surface area contributed by atoms with Crippen molar-refractivity contribution in [2.75, 3.05) is 6.61 Å².